The standard InChI is InChI=1S/C26H22N4S/c1-17-2-6-19(7-3-17)20-8-11-24-22(14-20)23-16-30(13-12-25(23)29-24)26(31)28-21-9-4-18(15-27)5-10-21/h2-11,14,29H,12-13,16H2,1H3,(H,28,31). The average molecular weight is 423 g/mol. The molecule has 4 aromatic rings. The Kier molecular flexibility index (Phi) is 4.93. The van der Waals surface area contributed by atoms with Crippen LogP contribution in [0.25, 0.3) is 22.0 Å². The van der Waals surface area contributed by atoms with Crippen LogP contribution >= 0.6 is 12.2 Å². The summed E-state index contributed by atoms with van der Waals surface area (Å²) in [5.41, 5.74) is 9.06. The largest absolute Gasteiger partial charge is 0.358 e. The summed E-state index contributed by atoms with van der Waals surface area (Å²) in [7, 11) is 0. The van der Waals surface area contributed by atoms with Crippen molar-refractivity contribution in [1.82, 2.24) is 9.88 Å². The molecule has 1 aliphatic rings. The van der Waals surface area contributed by atoms with Crippen LogP contribution in [0.5, 0.6) is 0 Å². The number of nitriles is 1. The number of hydrogen-bond acceptors (Lipinski definition) is 2. The van der Waals surface area contributed by atoms with Crippen LogP contribution in [0.1, 0.15) is 22.4 Å². The smallest absolute Gasteiger partial charge is 0.173 e. The second kappa shape index (κ2) is 7.90. The molecule has 0 radical (unpaired) electrons. The van der Waals surface area contributed by atoms with Gasteiger partial charge in [0.15, 0.2) is 5.11 Å². The van der Waals surface area contributed by atoms with Crippen LogP contribution in [0, 0.1) is 18.3 Å². The Morgan fingerprint density at radius 3 is 2.52 bits per heavy atom. The normalized spacial score (nSPS) is 13.0. The van der Waals surface area contributed by atoms with Crippen LogP contribution in [0.2, 0.25) is 0 Å². The summed E-state index contributed by atoms with van der Waals surface area (Å²) >= 11 is 5.70. The minimum absolute atomic E-state index is 0.641. The van der Waals surface area contributed by atoms with E-state index in [4.69, 9.17) is 17.5 Å². The summed E-state index contributed by atoms with van der Waals surface area (Å²) in [6, 6.07) is 24.8. The number of aromatic amines is 1. The lowest BCUT2D eigenvalue weighted by atomic mass is 9.99. The molecule has 5 rings (SSSR count). The molecule has 4 nitrogen and oxygen atoms in total. The number of anilines is 1. The monoisotopic (exact) mass is 422 g/mol. The lowest BCUT2D eigenvalue weighted by Crippen LogP contribution is -2.38. The van der Waals surface area contributed by atoms with Gasteiger partial charge in [0.1, 0.15) is 0 Å². The lowest BCUT2D eigenvalue weighted by Gasteiger charge is -2.30. The van der Waals surface area contributed by atoms with E-state index in [1.165, 1.54) is 38.9 Å². The highest BCUT2D eigenvalue weighted by Gasteiger charge is 2.22. The summed E-state index contributed by atoms with van der Waals surface area (Å²) in [6.45, 7) is 3.75. The Bertz CT molecular complexity index is 1310. The summed E-state index contributed by atoms with van der Waals surface area (Å²) in [4.78, 5) is 5.81. The van der Waals surface area contributed by atoms with Crippen LogP contribution in [-0.2, 0) is 13.0 Å². The highest BCUT2D eigenvalue weighted by atomic mass is 32.1. The SMILES string of the molecule is Cc1ccc(-c2ccc3[nH]c4c(c3c2)CN(C(=S)Nc2ccc(C#N)cc2)CC4)cc1. The van der Waals surface area contributed by atoms with Crippen molar-refractivity contribution in [2.24, 2.45) is 0 Å². The number of rotatable bonds is 2. The van der Waals surface area contributed by atoms with E-state index in [2.05, 4.69) is 70.7 Å². The summed E-state index contributed by atoms with van der Waals surface area (Å²) in [6.07, 6.45) is 0.930. The van der Waals surface area contributed by atoms with E-state index in [9.17, 15) is 0 Å². The fourth-order valence-electron chi connectivity index (χ4n) is 4.14. The topological polar surface area (TPSA) is 54.9 Å². The zero-order chi connectivity index (χ0) is 21.4. The number of thiocarbonyl (C=S) groups is 1. The van der Waals surface area contributed by atoms with Gasteiger partial charge in [-0.15, -0.1) is 0 Å². The molecular formula is C26H22N4S. The number of aromatic nitrogens is 1. The Balaban J connectivity index is 1.40. The van der Waals surface area contributed by atoms with Gasteiger partial charge in [0, 0.05) is 47.4 Å². The average Bonchev–Trinajstić information content (AvgIpc) is 3.17. The number of H-pyrrole nitrogens is 1. The maximum atomic E-state index is 8.97. The molecular weight excluding hydrogens is 400 g/mol. The van der Waals surface area contributed by atoms with Gasteiger partial charge in [-0.05, 0) is 66.7 Å². The third-order valence-corrected chi connectivity index (χ3v) is 6.27. The van der Waals surface area contributed by atoms with Crippen LogP contribution in [-0.4, -0.2) is 21.5 Å². The van der Waals surface area contributed by atoms with Crippen molar-refractivity contribution in [3.63, 3.8) is 0 Å². The Morgan fingerprint density at radius 2 is 1.77 bits per heavy atom. The van der Waals surface area contributed by atoms with Gasteiger partial charge < -0.3 is 15.2 Å². The van der Waals surface area contributed by atoms with E-state index in [-0.39, 0.29) is 0 Å². The maximum absolute atomic E-state index is 8.97. The van der Waals surface area contributed by atoms with Gasteiger partial charge in [-0.3, -0.25) is 0 Å². The summed E-state index contributed by atoms with van der Waals surface area (Å²) < 4.78 is 0. The first-order valence-electron chi connectivity index (χ1n) is 10.4. The molecule has 152 valence electrons. The second-order valence-electron chi connectivity index (χ2n) is 8.00. The van der Waals surface area contributed by atoms with Gasteiger partial charge in [-0.1, -0.05) is 35.9 Å². The van der Waals surface area contributed by atoms with Gasteiger partial charge in [0.2, 0.25) is 0 Å². The van der Waals surface area contributed by atoms with Crippen LogP contribution < -0.4 is 5.32 Å². The molecule has 0 aliphatic carbocycles. The van der Waals surface area contributed by atoms with Crippen molar-refractivity contribution in [3.05, 3.63) is 89.1 Å². The van der Waals surface area contributed by atoms with Crippen LogP contribution in [0.3, 0.4) is 0 Å². The third kappa shape index (κ3) is 3.78. The highest BCUT2D eigenvalue weighted by Crippen LogP contribution is 2.32. The van der Waals surface area contributed by atoms with Gasteiger partial charge in [0.25, 0.3) is 0 Å². The minimum Gasteiger partial charge on any atom is -0.358 e. The summed E-state index contributed by atoms with van der Waals surface area (Å²) in [5, 5.41) is 14.3. The molecule has 0 atom stereocenters. The van der Waals surface area contributed by atoms with Crippen molar-refractivity contribution >= 4 is 33.9 Å². The first-order valence-corrected chi connectivity index (χ1v) is 10.8. The quantitative estimate of drug-likeness (QED) is 0.403. The van der Waals surface area contributed by atoms with Crippen LogP contribution in [0.15, 0.2) is 66.7 Å². The number of aryl methyl sites for hydroxylation is 1. The number of nitrogens with one attached hydrogen (secondary N) is 2. The highest BCUT2D eigenvalue weighted by molar-refractivity contribution is 7.80. The van der Waals surface area contributed by atoms with E-state index < -0.39 is 0 Å². The van der Waals surface area contributed by atoms with Crippen molar-refractivity contribution < 1.29 is 0 Å². The molecule has 0 unspecified atom stereocenters. The van der Waals surface area contributed by atoms with Gasteiger partial charge in [-0.25, -0.2) is 0 Å². The maximum Gasteiger partial charge on any atom is 0.173 e. The van der Waals surface area contributed by atoms with E-state index in [1.807, 2.05) is 12.1 Å². The number of benzene rings is 3. The molecule has 0 bridgehead atoms. The molecule has 0 amide bonds. The molecule has 1 aromatic heterocycles. The summed E-state index contributed by atoms with van der Waals surface area (Å²) in [5.74, 6) is 0. The van der Waals surface area contributed by atoms with Gasteiger partial charge >= 0.3 is 0 Å². The first kappa shape index (κ1) is 19.3. The molecule has 5 heteroatoms. The Hall–Kier alpha value is -3.62. The van der Waals surface area contributed by atoms with E-state index in [0.29, 0.717) is 10.7 Å². The second-order valence-corrected chi connectivity index (χ2v) is 8.39. The zero-order valence-electron chi connectivity index (χ0n) is 17.3. The van der Waals surface area contributed by atoms with Gasteiger partial charge in [0.05, 0.1) is 11.6 Å². The van der Waals surface area contributed by atoms with E-state index >= 15 is 0 Å². The molecule has 0 fully saturated rings. The van der Waals surface area contributed by atoms with Crippen molar-refractivity contribution in [3.8, 4) is 17.2 Å². The third-order valence-electron chi connectivity index (χ3n) is 5.91. The van der Waals surface area contributed by atoms with Crippen LogP contribution in [0.4, 0.5) is 5.69 Å². The first-order chi connectivity index (χ1) is 15.1. The van der Waals surface area contributed by atoms with E-state index in [1.54, 1.807) is 12.1 Å². The molecule has 0 saturated heterocycles. The molecule has 1 aliphatic heterocycles. The van der Waals surface area contributed by atoms with Crippen molar-refractivity contribution in [2.45, 2.75) is 19.9 Å². The molecule has 2 N–H and O–H groups in total. The minimum atomic E-state index is 0.641. The number of nitrogens with zero attached hydrogens (tertiary/aromatic N) is 2. The Morgan fingerprint density at radius 1 is 1.03 bits per heavy atom. The van der Waals surface area contributed by atoms with Gasteiger partial charge in [-0.2, -0.15) is 5.26 Å². The molecule has 0 saturated carbocycles. The lowest BCUT2D eigenvalue weighted by molar-refractivity contribution is 0.399. The predicted molar refractivity (Wildman–Crippen MR) is 130 cm³/mol. The fraction of sp³-hybridized carbons (Fsp3) is 0.154. The number of hydrogen-bond donors (Lipinski definition) is 2. The molecule has 3 aromatic carbocycles. The Labute approximate surface area is 187 Å². The fourth-order valence-corrected chi connectivity index (χ4v) is 4.42. The van der Waals surface area contributed by atoms with Crippen molar-refractivity contribution in [1.29, 1.82) is 5.26 Å². The predicted octanol–water partition coefficient (Wildman–Crippen LogP) is 5.77. The molecule has 2 heterocycles. The van der Waals surface area contributed by atoms with E-state index in [0.717, 1.165) is 25.2 Å². The van der Waals surface area contributed by atoms with Crippen molar-refractivity contribution in [2.75, 3.05) is 11.9 Å². The molecule has 31 heavy (non-hydrogen) atoms. The number of fused-ring (bicyclic) bond motifs is 3. The molecule has 0 spiro atoms. The zero-order valence-corrected chi connectivity index (χ0v) is 18.1.